The molecule has 0 unspecified atom stereocenters. The number of nitrogens with zero attached hydrogens (tertiary/aromatic N) is 3. The van der Waals surface area contributed by atoms with Gasteiger partial charge in [0.25, 0.3) is 5.91 Å². The molecule has 0 aliphatic carbocycles. The van der Waals surface area contributed by atoms with Gasteiger partial charge in [0.1, 0.15) is 5.75 Å². The van der Waals surface area contributed by atoms with Gasteiger partial charge in [-0.25, -0.2) is 9.67 Å². The molecule has 4 rings (SSSR count). The van der Waals surface area contributed by atoms with E-state index in [0.29, 0.717) is 16.5 Å². The predicted molar refractivity (Wildman–Crippen MR) is 125 cm³/mol. The molecule has 1 amide bonds. The Hall–Kier alpha value is -3.16. The van der Waals surface area contributed by atoms with Crippen LogP contribution in [0.25, 0.3) is 17.1 Å². The molecule has 1 heterocycles. The third-order valence-electron chi connectivity index (χ3n) is 4.66. The molecule has 156 valence electrons. The predicted octanol–water partition coefficient (Wildman–Crippen LogP) is 5.92. The monoisotopic (exact) mass is 496 g/mol. The second kappa shape index (κ2) is 8.91. The van der Waals surface area contributed by atoms with Gasteiger partial charge in [-0.3, -0.25) is 4.79 Å². The number of anilines is 1. The highest BCUT2D eigenvalue weighted by molar-refractivity contribution is 9.10. The summed E-state index contributed by atoms with van der Waals surface area (Å²) in [5.74, 6) is 0.893. The third kappa shape index (κ3) is 4.62. The van der Waals surface area contributed by atoms with Crippen LogP contribution in [0.4, 0.5) is 5.69 Å². The number of benzene rings is 3. The number of carbonyl (C=O) groups is 1. The molecule has 0 aliphatic heterocycles. The van der Waals surface area contributed by atoms with E-state index in [9.17, 15) is 4.79 Å². The molecule has 0 spiro atoms. The van der Waals surface area contributed by atoms with Gasteiger partial charge in [0, 0.05) is 20.7 Å². The molecular weight excluding hydrogens is 480 g/mol. The molecule has 0 fully saturated rings. The molecular formula is C23H18BrClN4O2. The zero-order chi connectivity index (χ0) is 22.0. The second-order valence-electron chi connectivity index (χ2n) is 6.79. The molecule has 8 heteroatoms. The molecule has 1 N–H and O–H groups in total. The van der Waals surface area contributed by atoms with Crippen LogP contribution in [0.5, 0.6) is 5.75 Å². The van der Waals surface area contributed by atoms with Crippen molar-refractivity contribution in [2.24, 2.45) is 0 Å². The lowest BCUT2D eigenvalue weighted by molar-refractivity contribution is 0.101. The number of aryl methyl sites for hydroxylation is 1. The average molecular weight is 498 g/mol. The first kappa shape index (κ1) is 21.1. The van der Waals surface area contributed by atoms with Gasteiger partial charge in [-0.05, 0) is 61.0 Å². The number of hydrogen-bond donors (Lipinski definition) is 1. The number of amides is 1. The normalized spacial score (nSPS) is 10.7. The number of nitrogens with one attached hydrogen (secondary N) is 1. The van der Waals surface area contributed by atoms with Gasteiger partial charge in [-0.2, -0.15) is 0 Å². The van der Waals surface area contributed by atoms with Crippen molar-refractivity contribution in [3.63, 3.8) is 0 Å². The minimum atomic E-state index is -0.425. The summed E-state index contributed by atoms with van der Waals surface area (Å²) in [5, 5.41) is 7.86. The van der Waals surface area contributed by atoms with Crippen LogP contribution in [0.3, 0.4) is 0 Å². The summed E-state index contributed by atoms with van der Waals surface area (Å²) >= 11 is 9.61. The Morgan fingerprint density at radius 1 is 1.06 bits per heavy atom. The van der Waals surface area contributed by atoms with Gasteiger partial charge in [-0.1, -0.05) is 45.7 Å². The lowest BCUT2D eigenvalue weighted by Crippen LogP contribution is -2.14. The Kier molecular flexibility index (Phi) is 6.06. The van der Waals surface area contributed by atoms with Crippen LogP contribution in [0, 0.1) is 6.92 Å². The van der Waals surface area contributed by atoms with E-state index < -0.39 is 5.91 Å². The number of ether oxygens (including phenoxy) is 1. The van der Waals surface area contributed by atoms with Gasteiger partial charge in [-0.15, -0.1) is 5.10 Å². The Bertz CT molecular complexity index is 1240. The first-order valence-electron chi connectivity index (χ1n) is 9.39. The third-order valence-corrected chi connectivity index (χ3v) is 5.60. The van der Waals surface area contributed by atoms with Crippen molar-refractivity contribution >= 4 is 39.1 Å². The lowest BCUT2D eigenvalue weighted by atomic mass is 10.2. The largest absolute Gasteiger partial charge is 0.497 e. The molecule has 1 aromatic heterocycles. The second-order valence-corrected chi connectivity index (χ2v) is 8.12. The maximum atomic E-state index is 12.9. The fourth-order valence-corrected chi connectivity index (χ4v) is 3.40. The van der Waals surface area contributed by atoms with Crippen molar-refractivity contribution in [1.82, 2.24) is 14.8 Å². The zero-order valence-electron chi connectivity index (χ0n) is 16.8. The smallest absolute Gasteiger partial charge is 0.295 e. The van der Waals surface area contributed by atoms with Crippen LogP contribution >= 0.6 is 27.5 Å². The molecule has 3 aromatic carbocycles. The van der Waals surface area contributed by atoms with E-state index in [1.165, 1.54) is 0 Å². The number of halogens is 2. The number of methoxy groups -OCH3 is 1. The van der Waals surface area contributed by atoms with Crippen molar-refractivity contribution in [3.05, 3.63) is 87.6 Å². The lowest BCUT2D eigenvalue weighted by Gasteiger charge is -2.07. The standard InChI is InChI=1S/C23H18BrClN4O2/c1-14-3-8-17(13-20(14)25)26-23(30)21-27-22(15-4-6-16(24)7-5-15)29(28-21)18-9-11-19(31-2)12-10-18/h3-13H,1-2H3,(H,26,30). The Labute approximate surface area is 193 Å². The highest BCUT2D eigenvalue weighted by Gasteiger charge is 2.19. The molecule has 6 nitrogen and oxygen atoms in total. The van der Waals surface area contributed by atoms with E-state index in [0.717, 1.165) is 27.0 Å². The van der Waals surface area contributed by atoms with Gasteiger partial charge in [0.2, 0.25) is 5.82 Å². The summed E-state index contributed by atoms with van der Waals surface area (Å²) in [5.41, 5.74) is 3.08. The summed E-state index contributed by atoms with van der Waals surface area (Å²) in [6, 6.07) is 20.4. The zero-order valence-corrected chi connectivity index (χ0v) is 19.1. The van der Waals surface area contributed by atoms with Crippen LogP contribution in [-0.2, 0) is 0 Å². The van der Waals surface area contributed by atoms with Crippen molar-refractivity contribution in [2.45, 2.75) is 6.92 Å². The van der Waals surface area contributed by atoms with Gasteiger partial charge in [0.05, 0.1) is 12.8 Å². The summed E-state index contributed by atoms with van der Waals surface area (Å²) in [7, 11) is 1.61. The van der Waals surface area contributed by atoms with Crippen LogP contribution in [-0.4, -0.2) is 27.8 Å². The fraction of sp³-hybridized carbons (Fsp3) is 0.0870. The molecule has 31 heavy (non-hydrogen) atoms. The first-order chi connectivity index (χ1) is 14.9. The van der Waals surface area contributed by atoms with E-state index >= 15 is 0 Å². The molecule has 0 saturated carbocycles. The molecule has 0 radical (unpaired) electrons. The maximum Gasteiger partial charge on any atom is 0.295 e. The molecule has 0 bridgehead atoms. The summed E-state index contributed by atoms with van der Waals surface area (Å²) < 4.78 is 7.82. The van der Waals surface area contributed by atoms with Crippen LogP contribution < -0.4 is 10.1 Å². The highest BCUT2D eigenvalue weighted by atomic mass is 79.9. The van der Waals surface area contributed by atoms with Gasteiger partial charge >= 0.3 is 0 Å². The Morgan fingerprint density at radius 3 is 2.42 bits per heavy atom. The SMILES string of the molecule is COc1ccc(-n2nc(C(=O)Nc3ccc(C)c(Cl)c3)nc2-c2ccc(Br)cc2)cc1. The minimum absolute atomic E-state index is 0.0467. The number of aromatic nitrogens is 3. The van der Waals surface area contributed by atoms with E-state index in [2.05, 4.69) is 31.3 Å². The summed E-state index contributed by atoms with van der Waals surface area (Å²) in [6.07, 6.45) is 0. The topological polar surface area (TPSA) is 69.0 Å². The van der Waals surface area contributed by atoms with E-state index in [1.807, 2.05) is 61.5 Å². The van der Waals surface area contributed by atoms with Crippen molar-refractivity contribution in [3.8, 4) is 22.8 Å². The molecule has 0 atom stereocenters. The number of rotatable bonds is 5. The van der Waals surface area contributed by atoms with E-state index in [4.69, 9.17) is 16.3 Å². The fourth-order valence-electron chi connectivity index (χ4n) is 2.96. The Morgan fingerprint density at radius 2 is 1.77 bits per heavy atom. The first-order valence-corrected chi connectivity index (χ1v) is 10.6. The number of carbonyl (C=O) groups excluding carboxylic acids is 1. The quantitative estimate of drug-likeness (QED) is 0.372. The number of hydrogen-bond acceptors (Lipinski definition) is 4. The summed E-state index contributed by atoms with van der Waals surface area (Å²) in [6.45, 7) is 1.90. The van der Waals surface area contributed by atoms with Crippen molar-refractivity contribution < 1.29 is 9.53 Å². The molecule has 4 aromatic rings. The van der Waals surface area contributed by atoms with Crippen LogP contribution in [0.1, 0.15) is 16.2 Å². The maximum absolute atomic E-state index is 12.9. The molecule has 0 aliphatic rings. The highest BCUT2D eigenvalue weighted by Crippen LogP contribution is 2.25. The molecule has 0 saturated heterocycles. The van der Waals surface area contributed by atoms with Crippen molar-refractivity contribution in [2.75, 3.05) is 12.4 Å². The van der Waals surface area contributed by atoms with Gasteiger partial charge in [0.15, 0.2) is 5.82 Å². The van der Waals surface area contributed by atoms with E-state index in [1.54, 1.807) is 23.9 Å². The van der Waals surface area contributed by atoms with Crippen LogP contribution in [0.2, 0.25) is 5.02 Å². The van der Waals surface area contributed by atoms with Gasteiger partial charge < -0.3 is 10.1 Å². The van der Waals surface area contributed by atoms with E-state index in [-0.39, 0.29) is 5.82 Å². The summed E-state index contributed by atoms with van der Waals surface area (Å²) in [4.78, 5) is 17.4. The Balaban J connectivity index is 1.73. The van der Waals surface area contributed by atoms with Crippen LogP contribution in [0.15, 0.2) is 71.2 Å². The average Bonchev–Trinajstić information content (AvgIpc) is 3.22. The van der Waals surface area contributed by atoms with Crippen molar-refractivity contribution in [1.29, 1.82) is 0 Å². The minimum Gasteiger partial charge on any atom is -0.497 e.